The third-order valence-corrected chi connectivity index (χ3v) is 4.55. The van der Waals surface area contributed by atoms with Crippen LogP contribution in [0.25, 0.3) is 0 Å². The molecule has 0 spiro atoms. The van der Waals surface area contributed by atoms with Crippen LogP contribution in [0.1, 0.15) is 29.8 Å². The molecule has 2 amide bonds. The first-order chi connectivity index (χ1) is 9.54. The molecule has 2 heterocycles. The number of aliphatic hydroxyl groups excluding tert-OH is 1. The van der Waals surface area contributed by atoms with E-state index in [1.165, 1.54) is 4.88 Å². The molecule has 6 nitrogen and oxygen atoms in total. The fourth-order valence-electron chi connectivity index (χ4n) is 2.41. The Hall–Kier alpha value is -1.60. The summed E-state index contributed by atoms with van der Waals surface area (Å²) in [5.74, 6) is -1.13. The highest BCUT2D eigenvalue weighted by molar-refractivity contribution is 7.10. The predicted molar refractivity (Wildman–Crippen MR) is 74.8 cm³/mol. The van der Waals surface area contributed by atoms with Crippen molar-refractivity contribution in [3.8, 4) is 0 Å². The van der Waals surface area contributed by atoms with Crippen LogP contribution in [0.4, 0.5) is 4.79 Å². The highest BCUT2D eigenvalue weighted by Crippen LogP contribution is 2.32. The number of aliphatic carboxylic acids is 1. The molecule has 2 rings (SSSR count). The van der Waals surface area contributed by atoms with Crippen LogP contribution in [0.3, 0.4) is 0 Å². The van der Waals surface area contributed by atoms with E-state index >= 15 is 0 Å². The number of carbonyl (C=O) groups is 2. The Balaban J connectivity index is 2.05. The molecule has 3 N–H and O–H groups in total. The smallest absolute Gasteiger partial charge is 0.326 e. The summed E-state index contributed by atoms with van der Waals surface area (Å²) >= 11 is 1.68. The second-order valence-corrected chi connectivity index (χ2v) is 5.77. The first-order valence-corrected chi connectivity index (χ1v) is 7.39. The molecule has 110 valence electrons. The number of nitrogens with zero attached hydrogens (tertiary/aromatic N) is 1. The fraction of sp³-hybridized carbons (Fsp3) is 0.538. The molecule has 0 bridgehead atoms. The second kappa shape index (κ2) is 6.23. The van der Waals surface area contributed by atoms with Crippen LogP contribution in [0.5, 0.6) is 0 Å². The van der Waals surface area contributed by atoms with Gasteiger partial charge in [0.05, 0.1) is 6.04 Å². The molecule has 1 unspecified atom stereocenters. The first kappa shape index (κ1) is 14.8. The van der Waals surface area contributed by atoms with Gasteiger partial charge in [-0.15, -0.1) is 11.3 Å². The zero-order chi connectivity index (χ0) is 14.7. The van der Waals surface area contributed by atoms with E-state index < -0.39 is 18.0 Å². The maximum Gasteiger partial charge on any atom is 0.326 e. The maximum atomic E-state index is 12.2. The summed E-state index contributed by atoms with van der Waals surface area (Å²) in [6.07, 6.45) is 0.801. The third kappa shape index (κ3) is 2.94. The van der Waals surface area contributed by atoms with Crippen molar-refractivity contribution in [2.75, 3.05) is 13.2 Å². The molecule has 1 aliphatic rings. The van der Waals surface area contributed by atoms with Crippen LogP contribution in [-0.2, 0) is 11.2 Å². The lowest BCUT2D eigenvalue weighted by molar-refractivity contribution is -0.139. The van der Waals surface area contributed by atoms with Gasteiger partial charge in [0.1, 0.15) is 6.04 Å². The number of hydrogen-bond donors (Lipinski definition) is 3. The Labute approximate surface area is 121 Å². The number of thiophene rings is 1. The minimum atomic E-state index is -1.13. The summed E-state index contributed by atoms with van der Waals surface area (Å²) in [6.45, 7) is 2.24. The molecule has 0 aromatic carbocycles. The lowest BCUT2D eigenvalue weighted by Crippen LogP contribution is -2.50. The summed E-state index contributed by atoms with van der Waals surface area (Å²) in [5, 5.41) is 22.3. The third-order valence-electron chi connectivity index (χ3n) is 3.55. The van der Waals surface area contributed by atoms with Crippen LogP contribution in [-0.4, -0.2) is 46.3 Å². The molecule has 0 saturated carbocycles. The summed E-state index contributed by atoms with van der Waals surface area (Å²) in [5.41, 5.74) is 1.13. The van der Waals surface area contributed by atoms with Gasteiger partial charge in [-0.05, 0) is 30.4 Å². The number of nitrogens with one attached hydrogen (secondary N) is 1. The van der Waals surface area contributed by atoms with Crippen LogP contribution in [0.2, 0.25) is 0 Å². The van der Waals surface area contributed by atoms with Crippen molar-refractivity contribution >= 4 is 23.3 Å². The minimum absolute atomic E-state index is 0.00694. The molecule has 1 aliphatic heterocycles. The number of aliphatic hydroxyl groups is 1. The van der Waals surface area contributed by atoms with Crippen molar-refractivity contribution in [1.29, 1.82) is 0 Å². The Morgan fingerprint density at radius 2 is 2.35 bits per heavy atom. The van der Waals surface area contributed by atoms with Crippen LogP contribution >= 0.6 is 11.3 Å². The minimum Gasteiger partial charge on any atom is -0.480 e. The lowest BCUT2D eigenvalue weighted by Gasteiger charge is -2.34. The molecular formula is C13H18N2O4S. The number of rotatable bonds is 4. The van der Waals surface area contributed by atoms with E-state index in [1.54, 1.807) is 16.2 Å². The Bertz CT molecular complexity index is 502. The normalized spacial score (nSPS) is 19.3. The Morgan fingerprint density at radius 1 is 1.60 bits per heavy atom. The molecule has 20 heavy (non-hydrogen) atoms. The molecule has 2 atom stereocenters. The van der Waals surface area contributed by atoms with Gasteiger partial charge in [-0.25, -0.2) is 9.59 Å². The highest BCUT2D eigenvalue weighted by Gasteiger charge is 2.30. The number of carbonyl (C=O) groups excluding carboxylic acids is 1. The number of fused-ring (bicyclic) bond motifs is 1. The molecule has 0 radical (unpaired) electrons. The first-order valence-electron chi connectivity index (χ1n) is 6.51. The summed E-state index contributed by atoms with van der Waals surface area (Å²) < 4.78 is 0. The van der Waals surface area contributed by atoms with E-state index in [2.05, 4.69) is 5.32 Å². The molecule has 1 aromatic rings. The highest BCUT2D eigenvalue weighted by atomic mass is 32.1. The van der Waals surface area contributed by atoms with E-state index in [0.29, 0.717) is 6.54 Å². The number of urea groups is 1. The van der Waals surface area contributed by atoms with Gasteiger partial charge in [0.25, 0.3) is 0 Å². The Morgan fingerprint density at radius 3 is 3.00 bits per heavy atom. The zero-order valence-corrected chi connectivity index (χ0v) is 12.0. The van der Waals surface area contributed by atoms with Crippen molar-refractivity contribution in [2.45, 2.75) is 31.8 Å². The molecule has 0 saturated heterocycles. The second-order valence-electron chi connectivity index (χ2n) is 4.77. The monoisotopic (exact) mass is 298 g/mol. The van der Waals surface area contributed by atoms with Gasteiger partial charge in [0, 0.05) is 24.4 Å². The average Bonchev–Trinajstić information content (AvgIpc) is 2.87. The van der Waals surface area contributed by atoms with Gasteiger partial charge in [0.2, 0.25) is 0 Å². The van der Waals surface area contributed by atoms with Gasteiger partial charge in [-0.3, -0.25) is 0 Å². The van der Waals surface area contributed by atoms with Crippen molar-refractivity contribution in [2.24, 2.45) is 0 Å². The largest absolute Gasteiger partial charge is 0.480 e. The SMILES string of the molecule is CC1c2ccsc2CCN1C(=O)N[C@H](CCO)C(=O)O. The average molecular weight is 298 g/mol. The van der Waals surface area contributed by atoms with Crippen LogP contribution in [0, 0.1) is 0 Å². The lowest BCUT2D eigenvalue weighted by atomic mass is 10.0. The van der Waals surface area contributed by atoms with E-state index in [1.807, 2.05) is 18.4 Å². The molecule has 0 aliphatic carbocycles. The topological polar surface area (TPSA) is 89.9 Å². The summed E-state index contributed by atoms with van der Waals surface area (Å²) in [6, 6.07) is 0.499. The fourth-order valence-corrected chi connectivity index (χ4v) is 3.37. The molecule has 0 fully saturated rings. The quantitative estimate of drug-likeness (QED) is 0.779. The van der Waals surface area contributed by atoms with Crippen molar-refractivity contribution in [3.63, 3.8) is 0 Å². The number of carboxylic acids is 1. The summed E-state index contributed by atoms with van der Waals surface area (Å²) in [7, 11) is 0. The van der Waals surface area contributed by atoms with E-state index in [0.717, 1.165) is 12.0 Å². The molecule has 7 heteroatoms. The standard InChI is InChI=1S/C13H18N2O4S/c1-8-9-4-7-20-11(9)2-5-15(8)13(19)14-10(3-6-16)12(17)18/h4,7-8,10,16H,2-3,5-6H2,1H3,(H,14,19)(H,17,18)/t8?,10-/m1/s1. The van der Waals surface area contributed by atoms with Gasteiger partial charge in [-0.1, -0.05) is 0 Å². The van der Waals surface area contributed by atoms with Gasteiger partial charge in [0.15, 0.2) is 0 Å². The molecular weight excluding hydrogens is 280 g/mol. The maximum absolute atomic E-state index is 12.2. The number of amides is 2. The van der Waals surface area contributed by atoms with Gasteiger partial charge in [-0.2, -0.15) is 0 Å². The van der Waals surface area contributed by atoms with E-state index in [4.69, 9.17) is 10.2 Å². The van der Waals surface area contributed by atoms with Crippen LogP contribution < -0.4 is 5.32 Å². The van der Waals surface area contributed by atoms with Gasteiger partial charge < -0.3 is 20.4 Å². The number of hydrogen-bond acceptors (Lipinski definition) is 4. The van der Waals surface area contributed by atoms with Crippen LogP contribution in [0.15, 0.2) is 11.4 Å². The number of carboxylic acid groups (broad SMARTS) is 1. The summed E-state index contributed by atoms with van der Waals surface area (Å²) in [4.78, 5) is 26.1. The predicted octanol–water partition coefficient (Wildman–Crippen LogP) is 1.21. The molecule has 1 aromatic heterocycles. The van der Waals surface area contributed by atoms with E-state index in [-0.39, 0.29) is 19.1 Å². The van der Waals surface area contributed by atoms with Crippen molar-refractivity contribution in [3.05, 3.63) is 21.9 Å². The van der Waals surface area contributed by atoms with Gasteiger partial charge >= 0.3 is 12.0 Å². The van der Waals surface area contributed by atoms with Crippen molar-refractivity contribution < 1.29 is 19.8 Å². The Kier molecular flexibility index (Phi) is 4.61. The van der Waals surface area contributed by atoms with E-state index in [9.17, 15) is 9.59 Å². The zero-order valence-electron chi connectivity index (χ0n) is 11.2. The van der Waals surface area contributed by atoms with Crippen molar-refractivity contribution in [1.82, 2.24) is 10.2 Å².